The maximum Gasteiger partial charge on any atom is 0.251 e. The molecule has 0 spiro atoms. The van der Waals surface area contributed by atoms with E-state index < -0.39 is 15.7 Å². The third kappa shape index (κ3) is 4.12. The zero-order chi connectivity index (χ0) is 18.7. The summed E-state index contributed by atoms with van der Waals surface area (Å²) in [5, 5.41) is 6.35. The molecule has 1 heterocycles. The van der Waals surface area contributed by atoms with Gasteiger partial charge in [-0.3, -0.25) is 4.79 Å². The first-order chi connectivity index (χ1) is 12.3. The molecule has 26 heavy (non-hydrogen) atoms. The molecule has 9 heteroatoms. The Bertz CT molecular complexity index is 1050. The molecule has 2 aromatic carbocycles. The van der Waals surface area contributed by atoms with E-state index >= 15 is 0 Å². The van der Waals surface area contributed by atoms with E-state index in [1.807, 2.05) is 0 Å². The number of hydrogen-bond donors (Lipinski definition) is 1. The highest BCUT2D eigenvalue weighted by molar-refractivity contribution is 7.90. The molecule has 1 aromatic heterocycles. The van der Waals surface area contributed by atoms with Gasteiger partial charge in [0.15, 0.2) is 9.84 Å². The molecule has 7 nitrogen and oxygen atoms in total. The van der Waals surface area contributed by atoms with Crippen molar-refractivity contribution in [1.82, 2.24) is 15.5 Å². The minimum atomic E-state index is -3.40. The monoisotopic (exact) mass is 375 g/mol. The van der Waals surface area contributed by atoms with E-state index in [1.54, 1.807) is 0 Å². The first-order valence-corrected chi connectivity index (χ1v) is 9.39. The summed E-state index contributed by atoms with van der Waals surface area (Å²) < 4.78 is 41.1. The fourth-order valence-electron chi connectivity index (χ4n) is 2.17. The van der Waals surface area contributed by atoms with Crippen LogP contribution in [0.15, 0.2) is 57.9 Å². The lowest BCUT2D eigenvalue weighted by atomic mass is 10.2. The van der Waals surface area contributed by atoms with Crippen molar-refractivity contribution < 1.29 is 22.1 Å². The second-order valence-electron chi connectivity index (χ2n) is 5.50. The summed E-state index contributed by atoms with van der Waals surface area (Å²) >= 11 is 0. The standard InChI is InChI=1S/C17H14FN3O4S/c1-26(23,24)14-4-2-3-12(9-14)17(22)19-10-15-20-16(21-25-15)11-5-7-13(18)8-6-11/h2-9H,10H2,1H3,(H,19,22). The fraction of sp³-hybridized carbons (Fsp3) is 0.118. The number of rotatable bonds is 5. The summed E-state index contributed by atoms with van der Waals surface area (Å²) in [5.41, 5.74) is 0.778. The average molecular weight is 375 g/mol. The predicted molar refractivity (Wildman–Crippen MR) is 90.4 cm³/mol. The van der Waals surface area contributed by atoms with Crippen molar-refractivity contribution in [1.29, 1.82) is 0 Å². The van der Waals surface area contributed by atoms with E-state index in [0.29, 0.717) is 5.56 Å². The fourth-order valence-corrected chi connectivity index (χ4v) is 2.84. The summed E-state index contributed by atoms with van der Waals surface area (Å²) in [6, 6.07) is 11.3. The number of carbonyl (C=O) groups is 1. The molecular weight excluding hydrogens is 361 g/mol. The van der Waals surface area contributed by atoms with Crippen molar-refractivity contribution >= 4 is 15.7 Å². The normalized spacial score (nSPS) is 11.3. The summed E-state index contributed by atoms with van der Waals surface area (Å²) in [5.74, 6) is -0.414. The van der Waals surface area contributed by atoms with Crippen LogP contribution in [0.2, 0.25) is 0 Å². The maximum atomic E-state index is 12.9. The van der Waals surface area contributed by atoms with Crippen molar-refractivity contribution in [3.63, 3.8) is 0 Å². The van der Waals surface area contributed by atoms with Gasteiger partial charge in [-0.05, 0) is 42.5 Å². The minimum absolute atomic E-state index is 0.0316. The quantitative estimate of drug-likeness (QED) is 0.734. The molecule has 1 amide bonds. The van der Waals surface area contributed by atoms with Gasteiger partial charge in [-0.15, -0.1) is 0 Å². The second kappa shape index (κ2) is 7.04. The summed E-state index contributed by atoms with van der Waals surface area (Å²) in [6.07, 6.45) is 1.07. The Morgan fingerprint density at radius 2 is 1.92 bits per heavy atom. The summed E-state index contributed by atoms with van der Waals surface area (Å²) in [4.78, 5) is 16.4. The minimum Gasteiger partial charge on any atom is -0.343 e. The topological polar surface area (TPSA) is 102 Å². The molecule has 134 valence electrons. The number of nitrogens with zero attached hydrogens (tertiary/aromatic N) is 2. The molecule has 0 fully saturated rings. The number of halogens is 1. The number of sulfone groups is 1. The highest BCUT2D eigenvalue weighted by Crippen LogP contribution is 2.16. The SMILES string of the molecule is CS(=O)(=O)c1cccc(C(=O)NCc2nc(-c3ccc(F)cc3)no2)c1. The number of benzene rings is 2. The zero-order valence-corrected chi connectivity index (χ0v) is 14.5. The molecule has 0 aliphatic heterocycles. The number of amides is 1. The van der Waals surface area contributed by atoms with Crippen LogP contribution in [-0.2, 0) is 16.4 Å². The van der Waals surface area contributed by atoms with Crippen molar-refractivity contribution in [3.8, 4) is 11.4 Å². The van der Waals surface area contributed by atoms with Gasteiger partial charge in [-0.1, -0.05) is 11.2 Å². The van der Waals surface area contributed by atoms with Gasteiger partial charge in [0, 0.05) is 17.4 Å². The van der Waals surface area contributed by atoms with Gasteiger partial charge in [0.2, 0.25) is 11.7 Å². The first kappa shape index (κ1) is 17.7. The second-order valence-corrected chi connectivity index (χ2v) is 7.52. The lowest BCUT2D eigenvalue weighted by molar-refractivity contribution is 0.0946. The van der Waals surface area contributed by atoms with Gasteiger partial charge in [-0.25, -0.2) is 12.8 Å². The van der Waals surface area contributed by atoms with Crippen molar-refractivity contribution in [2.24, 2.45) is 0 Å². The van der Waals surface area contributed by atoms with Gasteiger partial charge in [0.1, 0.15) is 5.82 Å². The third-order valence-electron chi connectivity index (χ3n) is 3.50. The van der Waals surface area contributed by atoms with Crippen molar-refractivity contribution in [2.75, 3.05) is 6.26 Å². The Kier molecular flexibility index (Phi) is 4.81. The van der Waals surface area contributed by atoms with Crippen LogP contribution in [0, 0.1) is 5.82 Å². The summed E-state index contributed by atoms with van der Waals surface area (Å²) in [6.45, 7) is -0.0316. The molecule has 0 aliphatic carbocycles. The molecule has 0 saturated heterocycles. The molecule has 0 bridgehead atoms. The number of carbonyl (C=O) groups excluding carboxylic acids is 1. The third-order valence-corrected chi connectivity index (χ3v) is 4.61. The largest absolute Gasteiger partial charge is 0.343 e. The molecule has 0 aliphatic rings. The maximum absolute atomic E-state index is 12.9. The van der Waals surface area contributed by atoms with E-state index in [0.717, 1.165) is 6.26 Å². The van der Waals surface area contributed by atoms with Gasteiger partial charge >= 0.3 is 0 Å². The predicted octanol–water partition coefficient (Wildman–Crippen LogP) is 2.21. The molecule has 1 N–H and O–H groups in total. The van der Waals surface area contributed by atoms with Gasteiger partial charge < -0.3 is 9.84 Å². The van der Waals surface area contributed by atoms with E-state index in [1.165, 1.54) is 48.5 Å². The Labute approximate surface area is 148 Å². The van der Waals surface area contributed by atoms with Crippen LogP contribution in [0.25, 0.3) is 11.4 Å². The van der Waals surface area contributed by atoms with Crippen LogP contribution in [0.5, 0.6) is 0 Å². The van der Waals surface area contributed by atoms with E-state index in [2.05, 4.69) is 15.5 Å². The lowest BCUT2D eigenvalue weighted by Gasteiger charge is -2.04. The summed E-state index contributed by atoms with van der Waals surface area (Å²) in [7, 11) is -3.40. The van der Waals surface area contributed by atoms with E-state index in [-0.39, 0.29) is 34.5 Å². The van der Waals surface area contributed by atoms with E-state index in [4.69, 9.17) is 4.52 Å². The molecule has 0 saturated carbocycles. The van der Waals surface area contributed by atoms with Gasteiger partial charge in [-0.2, -0.15) is 4.98 Å². The van der Waals surface area contributed by atoms with Crippen molar-refractivity contribution in [3.05, 3.63) is 65.8 Å². The van der Waals surface area contributed by atoms with Crippen LogP contribution in [0.4, 0.5) is 4.39 Å². The number of nitrogens with one attached hydrogen (secondary N) is 1. The highest BCUT2D eigenvalue weighted by atomic mass is 32.2. The zero-order valence-electron chi connectivity index (χ0n) is 13.6. The Morgan fingerprint density at radius 1 is 1.19 bits per heavy atom. The number of hydrogen-bond acceptors (Lipinski definition) is 6. The molecule has 3 rings (SSSR count). The first-order valence-electron chi connectivity index (χ1n) is 7.50. The lowest BCUT2D eigenvalue weighted by Crippen LogP contribution is -2.23. The van der Waals surface area contributed by atoms with Crippen LogP contribution in [-0.4, -0.2) is 30.7 Å². The molecular formula is C17H14FN3O4S. The van der Waals surface area contributed by atoms with Crippen LogP contribution >= 0.6 is 0 Å². The molecule has 0 atom stereocenters. The van der Waals surface area contributed by atoms with Gasteiger partial charge in [0.05, 0.1) is 11.4 Å². The molecule has 0 unspecified atom stereocenters. The van der Waals surface area contributed by atoms with Crippen LogP contribution < -0.4 is 5.32 Å². The smallest absolute Gasteiger partial charge is 0.251 e. The Morgan fingerprint density at radius 3 is 2.62 bits per heavy atom. The van der Waals surface area contributed by atoms with Crippen LogP contribution in [0.3, 0.4) is 0 Å². The number of aromatic nitrogens is 2. The molecule has 0 radical (unpaired) electrons. The highest BCUT2D eigenvalue weighted by Gasteiger charge is 2.13. The van der Waals surface area contributed by atoms with E-state index in [9.17, 15) is 17.6 Å². The van der Waals surface area contributed by atoms with Crippen LogP contribution in [0.1, 0.15) is 16.2 Å². The Balaban J connectivity index is 1.68. The average Bonchev–Trinajstić information content (AvgIpc) is 3.08. The Hall–Kier alpha value is -3.07. The van der Waals surface area contributed by atoms with Crippen molar-refractivity contribution in [2.45, 2.75) is 11.4 Å². The molecule has 3 aromatic rings. The van der Waals surface area contributed by atoms with Gasteiger partial charge in [0.25, 0.3) is 5.91 Å².